The molecule has 0 fully saturated rings. The molecular weight excluding hydrogens is 328 g/mol. The molecule has 2 aromatic heterocycles. The van der Waals surface area contributed by atoms with Crippen LogP contribution in [-0.2, 0) is 4.79 Å². The monoisotopic (exact) mass is 340 g/mol. The van der Waals surface area contributed by atoms with Gasteiger partial charge in [0.15, 0.2) is 0 Å². The molecule has 0 saturated heterocycles. The Hall–Kier alpha value is -3.68. The number of aromatic hydroxyl groups is 1. The van der Waals surface area contributed by atoms with Crippen molar-refractivity contribution in [1.82, 2.24) is 4.98 Å². The third kappa shape index (κ3) is 3.47. The highest BCUT2D eigenvalue weighted by molar-refractivity contribution is 5.92. The van der Waals surface area contributed by atoms with E-state index in [-0.39, 0.29) is 28.7 Å². The van der Waals surface area contributed by atoms with E-state index >= 15 is 0 Å². The molecule has 0 saturated carbocycles. The average Bonchev–Trinajstić information content (AvgIpc) is 3.03. The highest BCUT2D eigenvalue weighted by Crippen LogP contribution is 2.31. The summed E-state index contributed by atoms with van der Waals surface area (Å²) in [6, 6.07) is 8.96. The van der Waals surface area contributed by atoms with Crippen molar-refractivity contribution in [1.29, 1.82) is 0 Å². The van der Waals surface area contributed by atoms with E-state index in [1.165, 1.54) is 43.3 Å². The van der Waals surface area contributed by atoms with Crippen molar-refractivity contribution >= 4 is 34.9 Å². The van der Waals surface area contributed by atoms with Crippen LogP contribution in [0.3, 0.4) is 0 Å². The quantitative estimate of drug-likeness (QED) is 0.438. The van der Waals surface area contributed by atoms with Crippen LogP contribution in [0.15, 0.2) is 40.8 Å². The Bertz CT molecular complexity index is 1010. The number of hydrogen-bond donors (Lipinski definition) is 1. The lowest BCUT2D eigenvalue weighted by Crippen LogP contribution is -2.02. The molecule has 0 amide bonds. The van der Waals surface area contributed by atoms with Crippen LogP contribution in [0.1, 0.15) is 18.4 Å². The van der Waals surface area contributed by atoms with Crippen molar-refractivity contribution in [2.24, 2.45) is 0 Å². The number of aromatic nitrogens is 1. The van der Waals surface area contributed by atoms with Crippen LogP contribution >= 0.6 is 0 Å². The summed E-state index contributed by atoms with van der Waals surface area (Å²) in [5.74, 6) is -0.426. The number of esters is 1. The van der Waals surface area contributed by atoms with Gasteiger partial charge in [0.25, 0.3) is 0 Å². The van der Waals surface area contributed by atoms with Crippen LogP contribution < -0.4 is 4.74 Å². The van der Waals surface area contributed by atoms with E-state index in [1.807, 2.05) is 0 Å². The zero-order chi connectivity index (χ0) is 18.0. The SMILES string of the molecule is CC(=O)Oc1cc(/C=C/c2ccc([N+](=O)[O-])o2)nc2c(O)cccc12. The number of ether oxygens (including phenoxy) is 1. The van der Waals surface area contributed by atoms with Gasteiger partial charge in [-0.1, -0.05) is 6.07 Å². The fourth-order valence-corrected chi connectivity index (χ4v) is 2.24. The predicted octanol–water partition coefficient (Wildman–Crippen LogP) is 3.54. The molecular formula is C17H12N2O6. The van der Waals surface area contributed by atoms with Gasteiger partial charge in [-0.3, -0.25) is 14.9 Å². The van der Waals surface area contributed by atoms with Crippen molar-refractivity contribution in [2.45, 2.75) is 6.92 Å². The standard InChI is InChI=1S/C17H12N2O6/c1-10(20)24-15-9-11(18-17-13(15)3-2-4-14(17)21)5-6-12-7-8-16(25-12)19(22)23/h2-9,21H,1H3/b6-5+. The van der Waals surface area contributed by atoms with Gasteiger partial charge in [0.2, 0.25) is 0 Å². The molecule has 8 heteroatoms. The lowest BCUT2D eigenvalue weighted by molar-refractivity contribution is -0.402. The van der Waals surface area contributed by atoms with Crippen LogP contribution in [-0.4, -0.2) is 21.0 Å². The van der Waals surface area contributed by atoms with Crippen molar-refractivity contribution in [2.75, 3.05) is 0 Å². The third-order valence-corrected chi connectivity index (χ3v) is 3.26. The van der Waals surface area contributed by atoms with Gasteiger partial charge in [0.05, 0.1) is 11.8 Å². The molecule has 0 radical (unpaired) electrons. The minimum atomic E-state index is -0.636. The Balaban J connectivity index is 2.03. The van der Waals surface area contributed by atoms with Gasteiger partial charge in [-0.15, -0.1) is 0 Å². The summed E-state index contributed by atoms with van der Waals surface area (Å²) in [4.78, 5) is 25.6. The van der Waals surface area contributed by atoms with E-state index in [2.05, 4.69) is 4.98 Å². The number of hydrogen-bond acceptors (Lipinski definition) is 7. The van der Waals surface area contributed by atoms with Crippen molar-refractivity contribution < 1.29 is 24.0 Å². The second-order valence-corrected chi connectivity index (χ2v) is 5.08. The molecule has 3 aromatic rings. The molecule has 126 valence electrons. The normalized spacial score (nSPS) is 11.1. The average molecular weight is 340 g/mol. The molecule has 25 heavy (non-hydrogen) atoms. The third-order valence-electron chi connectivity index (χ3n) is 3.26. The molecule has 0 atom stereocenters. The van der Waals surface area contributed by atoms with Gasteiger partial charge >= 0.3 is 11.9 Å². The van der Waals surface area contributed by atoms with Gasteiger partial charge in [0, 0.05) is 18.4 Å². The first kappa shape index (κ1) is 16.2. The second kappa shape index (κ2) is 6.44. The van der Waals surface area contributed by atoms with Crippen LogP contribution in [0.5, 0.6) is 11.5 Å². The fraction of sp³-hybridized carbons (Fsp3) is 0.0588. The number of pyridine rings is 1. The summed E-state index contributed by atoms with van der Waals surface area (Å²) < 4.78 is 10.2. The van der Waals surface area contributed by atoms with Crippen molar-refractivity contribution in [3.8, 4) is 11.5 Å². The fourth-order valence-electron chi connectivity index (χ4n) is 2.24. The van der Waals surface area contributed by atoms with Gasteiger partial charge in [-0.2, -0.15) is 0 Å². The van der Waals surface area contributed by atoms with Crippen molar-refractivity contribution in [3.63, 3.8) is 0 Å². The predicted molar refractivity (Wildman–Crippen MR) is 89.0 cm³/mol. The van der Waals surface area contributed by atoms with E-state index in [1.54, 1.807) is 12.1 Å². The molecule has 8 nitrogen and oxygen atoms in total. The van der Waals surface area contributed by atoms with E-state index in [0.29, 0.717) is 11.1 Å². The van der Waals surface area contributed by atoms with Crippen LogP contribution in [0.25, 0.3) is 23.1 Å². The summed E-state index contributed by atoms with van der Waals surface area (Å²) in [5, 5.41) is 21.1. The molecule has 2 heterocycles. The summed E-state index contributed by atoms with van der Waals surface area (Å²) in [7, 11) is 0. The lowest BCUT2D eigenvalue weighted by atomic mass is 10.1. The Morgan fingerprint density at radius 2 is 2.12 bits per heavy atom. The molecule has 0 unspecified atom stereocenters. The Kier molecular flexibility index (Phi) is 4.17. The number of rotatable bonds is 4. The molecule has 0 aliphatic rings. The first-order valence-corrected chi connectivity index (χ1v) is 7.17. The zero-order valence-corrected chi connectivity index (χ0v) is 13.0. The lowest BCUT2D eigenvalue weighted by Gasteiger charge is -2.08. The molecule has 0 aliphatic carbocycles. The molecule has 0 spiro atoms. The molecule has 3 rings (SSSR count). The first-order chi connectivity index (χ1) is 11.9. The number of fused-ring (bicyclic) bond motifs is 1. The van der Waals surface area contributed by atoms with Gasteiger partial charge < -0.3 is 14.3 Å². The number of phenols is 1. The number of furan rings is 1. The maximum absolute atomic E-state index is 11.3. The number of nitro groups is 1. The van der Waals surface area contributed by atoms with E-state index in [4.69, 9.17) is 9.15 Å². The maximum Gasteiger partial charge on any atom is 0.433 e. The second-order valence-electron chi connectivity index (χ2n) is 5.08. The number of nitrogens with zero attached hydrogens (tertiary/aromatic N) is 2. The molecule has 1 aromatic carbocycles. The first-order valence-electron chi connectivity index (χ1n) is 7.17. The van der Waals surface area contributed by atoms with Crippen molar-refractivity contribution in [3.05, 3.63) is 58.0 Å². The number of benzene rings is 1. The zero-order valence-electron chi connectivity index (χ0n) is 13.0. The van der Waals surface area contributed by atoms with Crippen LogP contribution in [0, 0.1) is 10.1 Å². The highest BCUT2D eigenvalue weighted by atomic mass is 16.6. The smallest absolute Gasteiger partial charge is 0.433 e. The Labute approximate surface area is 141 Å². The molecule has 1 N–H and O–H groups in total. The summed E-state index contributed by atoms with van der Waals surface area (Å²) >= 11 is 0. The van der Waals surface area contributed by atoms with Crippen LogP contribution in [0.4, 0.5) is 5.88 Å². The van der Waals surface area contributed by atoms with E-state index < -0.39 is 10.9 Å². The minimum absolute atomic E-state index is 0.0604. The Morgan fingerprint density at radius 1 is 1.32 bits per heavy atom. The number of phenolic OH excluding ortho intramolecular Hbond substituents is 1. The van der Waals surface area contributed by atoms with Gasteiger partial charge in [-0.05, 0) is 30.4 Å². The molecule has 0 bridgehead atoms. The summed E-state index contributed by atoms with van der Waals surface area (Å²) in [6.45, 7) is 1.27. The maximum atomic E-state index is 11.3. The van der Waals surface area contributed by atoms with E-state index in [9.17, 15) is 20.0 Å². The molecule has 0 aliphatic heterocycles. The topological polar surface area (TPSA) is 116 Å². The number of para-hydroxylation sites is 1. The minimum Gasteiger partial charge on any atom is -0.506 e. The highest BCUT2D eigenvalue weighted by Gasteiger charge is 2.12. The van der Waals surface area contributed by atoms with Crippen LogP contribution in [0.2, 0.25) is 0 Å². The number of carbonyl (C=O) groups excluding carboxylic acids is 1. The summed E-state index contributed by atoms with van der Waals surface area (Å²) in [6.07, 6.45) is 3.01. The van der Waals surface area contributed by atoms with Gasteiger partial charge in [0.1, 0.15) is 27.7 Å². The Morgan fingerprint density at radius 3 is 2.80 bits per heavy atom. The summed E-state index contributed by atoms with van der Waals surface area (Å²) in [5.41, 5.74) is 0.649. The van der Waals surface area contributed by atoms with Gasteiger partial charge in [-0.25, -0.2) is 4.98 Å². The number of carbonyl (C=O) groups is 1. The van der Waals surface area contributed by atoms with E-state index in [0.717, 1.165) is 0 Å². The largest absolute Gasteiger partial charge is 0.506 e.